The van der Waals surface area contributed by atoms with E-state index in [9.17, 15) is 4.79 Å². The Hall–Kier alpha value is -1.71. The number of methoxy groups -OCH3 is 2. The summed E-state index contributed by atoms with van der Waals surface area (Å²) in [6.45, 7) is 4.21. The van der Waals surface area contributed by atoms with Gasteiger partial charge in [0, 0.05) is 0 Å². The minimum absolute atomic E-state index is 0.337. The molecule has 4 nitrogen and oxygen atoms in total. The number of benzene rings is 1. The van der Waals surface area contributed by atoms with E-state index < -0.39 is 0 Å². The second kappa shape index (κ2) is 8.40. The average molecular weight is 265 g/mol. The summed E-state index contributed by atoms with van der Waals surface area (Å²) in [5.41, 5.74) is 0.467. The first-order valence-corrected chi connectivity index (χ1v) is 6.41. The number of hydrogen-bond acceptors (Lipinski definition) is 4. The topological polar surface area (TPSA) is 44.8 Å². The molecule has 1 radical (unpaired) electrons. The van der Waals surface area contributed by atoms with Gasteiger partial charge in [0.25, 0.3) is 0 Å². The summed E-state index contributed by atoms with van der Waals surface area (Å²) in [5.74, 6) is 0.777. The van der Waals surface area contributed by atoms with E-state index in [0.29, 0.717) is 23.7 Å². The van der Waals surface area contributed by atoms with Crippen LogP contribution in [0, 0.1) is 6.92 Å². The van der Waals surface area contributed by atoms with Crippen LogP contribution in [0.2, 0.25) is 0 Å². The van der Waals surface area contributed by atoms with Crippen LogP contribution in [0.25, 0.3) is 0 Å². The predicted octanol–water partition coefficient (Wildman–Crippen LogP) is 3.26. The van der Waals surface area contributed by atoms with Gasteiger partial charge in [0.05, 0.1) is 26.4 Å². The van der Waals surface area contributed by atoms with Crippen molar-refractivity contribution in [3.05, 3.63) is 30.7 Å². The van der Waals surface area contributed by atoms with E-state index in [2.05, 4.69) is 6.92 Å². The van der Waals surface area contributed by atoms with E-state index in [1.165, 1.54) is 7.11 Å². The molecule has 1 rings (SSSR count). The Morgan fingerprint density at radius 3 is 2.47 bits per heavy atom. The summed E-state index contributed by atoms with van der Waals surface area (Å²) in [7, 11) is 3.09. The van der Waals surface area contributed by atoms with Crippen LogP contribution in [-0.2, 0) is 4.74 Å². The van der Waals surface area contributed by atoms with Crippen molar-refractivity contribution in [2.24, 2.45) is 0 Å². The number of rotatable bonds is 8. The van der Waals surface area contributed by atoms with Crippen molar-refractivity contribution in [3.63, 3.8) is 0 Å². The highest BCUT2D eigenvalue weighted by Gasteiger charge is 2.11. The van der Waals surface area contributed by atoms with Gasteiger partial charge in [0.1, 0.15) is 0 Å². The lowest BCUT2D eigenvalue weighted by atomic mass is 10.2. The van der Waals surface area contributed by atoms with Gasteiger partial charge in [-0.2, -0.15) is 0 Å². The molecule has 0 aliphatic carbocycles. The number of hydrogen-bond donors (Lipinski definition) is 0. The Morgan fingerprint density at radius 1 is 1.11 bits per heavy atom. The minimum atomic E-state index is -0.337. The fourth-order valence-corrected chi connectivity index (χ4v) is 1.67. The molecule has 19 heavy (non-hydrogen) atoms. The maximum atomic E-state index is 11.8. The highest BCUT2D eigenvalue weighted by Crippen LogP contribution is 2.27. The molecule has 0 fully saturated rings. The standard InChI is InChI=1S/C15H21O4/c1-4-5-6-7-10-19-15(16)12-8-9-13(17-2)14(11-12)18-3/h8-9,11H,1,4-7,10H2,2-3H3. The molecular formula is C15H21O4. The summed E-state index contributed by atoms with van der Waals surface area (Å²) in [6, 6.07) is 4.98. The first-order chi connectivity index (χ1) is 9.22. The molecule has 0 aliphatic heterocycles. The van der Waals surface area contributed by atoms with Crippen LogP contribution < -0.4 is 9.47 Å². The minimum Gasteiger partial charge on any atom is -0.493 e. The van der Waals surface area contributed by atoms with Crippen molar-refractivity contribution < 1.29 is 19.0 Å². The van der Waals surface area contributed by atoms with Crippen molar-refractivity contribution in [2.45, 2.75) is 25.7 Å². The number of esters is 1. The van der Waals surface area contributed by atoms with E-state index in [4.69, 9.17) is 14.2 Å². The zero-order valence-electron chi connectivity index (χ0n) is 11.6. The molecule has 0 aromatic heterocycles. The molecule has 0 amide bonds. The van der Waals surface area contributed by atoms with Crippen LogP contribution in [0.15, 0.2) is 18.2 Å². The molecule has 0 N–H and O–H groups in total. The van der Waals surface area contributed by atoms with Crippen molar-refractivity contribution >= 4 is 5.97 Å². The summed E-state index contributed by atoms with van der Waals surface area (Å²) >= 11 is 0. The molecule has 0 saturated carbocycles. The Bertz CT molecular complexity index is 401. The van der Waals surface area contributed by atoms with Gasteiger partial charge < -0.3 is 14.2 Å². The molecule has 0 spiro atoms. The SMILES string of the molecule is [CH2]CCCCCOC(=O)c1ccc(OC)c(OC)c1. The normalized spacial score (nSPS) is 10.1. The Labute approximate surface area is 114 Å². The van der Waals surface area contributed by atoms with Gasteiger partial charge in [-0.3, -0.25) is 0 Å². The van der Waals surface area contributed by atoms with Gasteiger partial charge in [0.2, 0.25) is 0 Å². The fourth-order valence-electron chi connectivity index (χ4n) is 1.67. The van der Waals surface area contributed by atoms with Crippen LogP contribution in [0.4, 0.5) is 0 Å². The molecule has 0 heterocycles. The molecule has 0 atom stereocenters. The van der Waals surface area contributed by atoms with Crippen LogP contribution in [0.5, 0.6) is 11.5 Å². The van der Waals surface area contributed by atoms with E-state index >= 15 is 0 Å². The average Bonchev–Trinajstić information content (AvgIpc) is 2.46. The van der Waals surface area contributed by atoms with Crippen molar-refractivity contribution in [1.82, 2.24) is 0 Å². The zero-order chi connectivity index (χ0) is 14.1. The number of carbonyl (C=O) groups is 1. The highest BCUT2D eigenvalue weighted by molar-refractivity contribution is 5.90. The van der Waals surface area contributed by atoms with Crippen molar-refractivity contribution in [2.75, 3.05) is 20.8 Å². The molecule has 105 valence electrons. The lowest BCUT2D eigenvalue weighted by molar-refractivity contribution is 0.0497. The second-order valence-corrected chi connectivity index (χ2v) is 4.12. The third-order valence-corrected chi connectivity index (χ3v) is 2.75. The quantitative estimate of drug-likeness (QED) is 0.534. The molecule has 4 heteroatoms. The molecule has 1 aromatic rings. The van der Waals surface area contributed by atoms with Crippen LogP contribution >= 0.6 is 0 Å². The highest BCUT2D eigenvalue weighted by atomic mass is 16.5. The summed E-state index contributed by atoms with van der Waals surface area (Å²) in [4.78, 5) is 11.8. The van der Waals surface area contributed by atoms with E-state index in [0.717, 1.165) is 25.7 Å². The molecule has 0 saturated heterocycles. The van der Waals surface area contributed by atoms with Crippen LogP contribution in [-0.4, -0.2) is 26.8 Å². The predicted molar refractivity (Wildman–Crippen MR) is 73.7 cm³/mol. The Morgan fingerprint density at radius 2 is 1.84 bits per heavy atom. The van der Waals surface area contributed by atoms with Gasteiger partial charge in [0.15, 0.2) is 11.5 Å². The third-order valence-electron chi connectivity index (χ3n) is 2.75. The maximum absolute atomic E-state index is 11.8. The summed E-state index contributed by atoms with van der Waals surface area (Å²) in [5, 5.41) is 0. The van der Waals surface area contributed by atoms with Gasteiger partial charge in [-0.1, -0.05) is 26.2 Å². The monoisotopic (exact) mass is 265 g/mol. The largest absolute Gasteiger partial charge is 0.493 e. The maximum Gasteiger partial charge on any atom is 0.338 e. The number of unbranched alkanes of at least 4 members (excludes halogenated alkanes) is 3. The fraction of sp³-hybridized carbons (Fsp3) is 0.467. The molecule has 0 unspecified atom stereocenters. The van der Waals surface area contributed by atoms with Crippen LogP contribution in [0.1, 0.15) is 36.0 Å². The smallest absolute Gasteiger partial charge is 0.338 e. The first kappa shape index (κ1) is 15.3. The second-order valence-electron chi connectivity index (χ2n) is 4.12. The summed E-state index contributed by atoms with van der Waals surface area (Å²) < 4.78 is 15.5. The van der Waals surface area contributed by atoms with Crippen LogP contribution in [0.3, 0.4) is 0 Å². The van der Waals surface area contributed by atoms with Gasteiger partial charge >= 0.3 is 5.97 Å². The van der Waals surface area contributed by atoms with E-state index in [1.54, 1.807) is 25.3 Å². The van der Waals surface area contributed by atoms with Gasteiger partial charge in [-0.05, 0) is 24.6 Å². The van der Waals surface area contributed by atoms with Crippen molar-refractivity contribution in [3.8, 4) is 11.5 Å². The van der Waals surface area contributed by atoms with Crippen molar-refractivity contribution in [1.29, 1.82) is 0 Å². The first-order valence-electron chi connectivity index (χ1n) is 6.41. The van der Waals surface area contributed by atoms with E-state index in [-0.39, 0.29) is 5.97 Å². The third kappa shape index (κ3) is 4.81. The zero-order valence-corrected chi connectivity index (χ0v) is 11.6. The lowest BCUT2D eigenvalue weighted by Gasteiger charge is -2.09. The number of carbonyl (C=O) groups excluding carboxylic acids is 1. The van der Waals surface area contributed by atoms with Gasteiger partial charge in [-0.25, -0.2) is 4.79 Å². The molecular weight excluding hydrogens is 244 g/mol. The summed E-state index contributed by atoms with van der Waals surface area (Å²) in [6.07, 6.45) is 3.88. The number of ether oxygens (including phenoxy) is 3. The van der Waals surface area contributed by atoms with E-state index in [1.807, 2.05) is 0 Å². The molecule has 0 bridgehead atoms. The molecule has 1 aromatic carbocycles. The lowest BCUT2D eigenvalue weighted by Crippen LogP contribution is -2.07. The van der Waals surface area contributed by atoms with Gasteiger partial charge in [-0.15, -0.1) is 0 Å². The Kier molecular flexibility index (Phi) is 6.79. The Balaban J connectivity index is 2.52. The molecule has 0 aliphatic rings.